The summed E-state index contributed by atoms with van der Waals surface area (Å²) in [5.74, 6) is -0.0865. The van der Waals surface area contributed by atoms with Crippen molar-refractivity contribution in [1.82, 2.24) is 10.2 Å². The molecule has 1 unspecified atom stereocenters. The second kappa shape index (κ2) is 8.17. The summed E-state index contributed by atoms with van der Waals surface area (Å²) in [6.07, 6.45) is 1.69. The highest BCUT2D eigenvalue weighted by atomic mass is 16.2. The predicted octanol–water partition coefficient (Wildman–Crippen LogP) is 3.47. The van der Waals surface area contributed by atoms with Crippen LogP contribution in [0.2, 0.25) is 0 Å². The lowest BCUT2D eigenvalue weighted by molar-refractivity contribution is -0.126. The second-order valence-corrected chi connectivity index (χ2v) is 7.16. The van der Waals surface area contributed by atoms with Crippen molar-refractivity contribution in [2.24, 2.45) is 5.92 Å². The van der Waals surface area contributed by atoms with Crippen LogP contribution in [0.1, 0.15) is 39.9 Å². The lowest BCUT2D eigenvalue weighted by Gasteiger charge is -2.32. The molecule has 0 spiro atoms. The summed E-state index contributed by atoms with van der Waals surface area (Å²) in [6, 6.07) is 15.8. The molecule has 4 heteroatoms. The SMILES string of the molecule is Cc1ccc(CNC(=O)C2CCCN(C(=O)c3ccc(C)cc3)C2)cc1. The summed E-state index contributed by atoms with van der Waals surface area (Å²) in [4.78, 5) is 27.0. The lowest BCUT2D eigenvalue weighted by Crippen LogP contribution is -2.45. The third kappa shape index (κ3) is 4.51. The zero-order chi connectivity index (χ0) is 18.5. The molecule has 1 aliphatic heterocycles. The molecule has 2 aromatic carbocycles. The maximum atomic E-state index is 12.7. The molecule has 0 saturated carbocycles. The largest absolute Gasteiger partial charge is 0.352 e. The Morgan fingerprint density at radius 2 is 1.62 bits per heavy atom. The van der Waals surface area contributed by atoms with Crippen molar-refractivity contribution in [3.8, 4) is 0 Å². The summed E-state index contributed by atoms with van der Waals surface area (Å²) in [5, 5.41) is 3.02. The van der Waals surface area contributed by atoms with Gasteiger partial charge in [0.15, 0.2) is 0 Å². The minimum absolute atomic E-state index is 0.0148. The van der Waals surface area contributed by atoms with Crippen molar-refractivity contribution >= 4 is 11.8 Å². The Kier molecular flexibility index (Phi) is 5.71. The standard InChI is InChI=1S/C22H26N2O2/c1-16-5-9-18(10-6-16)14-23-21(25)20-4-3-13-24(15-20)22(26)19-11-7-17(2)8-12-19/h5-12,20H,3-4,13-15H2,1-2H3,(H,23,25). The first kappa shape index (κ1) is 18.2. The van der Waals surface area contributed by atoms with Gasteiger partial charge in [0.25, 0.3) is 5.91 Å². The lowest BCUT2D eigenvalue weighted by atomic mass is 9.96. The molecule has 26 heavy (non-hydrogen) atoms. The van der Waals surface area contributed by atoms with Crippen LogP contribution in [0.3, 0.4) is 0 Å². The van der Waals surface area contributed by atoms with Crippen LogP contribution in [-0.2, 0) is 11.3 Å². The van der Waals surface area contributed by atoms with E-state index in [0.717, 1.165) is 24.0 Å². The summed E-state index contributed by atoms with van der Waals surface area (Å²) in [5.41, 5.74) is 4.12. The van der Waals surface area contributed by atoms with Crippen LogP contribution in [0.15, 0.2) is 48.5 Å². The fraction of sp³-hybridized carbons (Fsp3) is 0.364. The molecule has 1 fully saturated rings. The summed E-state index contributed by atoms with van der Waals surface area (Å²) in [6.45, 7) is 5.79. The van der Waals surface area contributed by atoms with Gasteiger partial charge in [-0.05, 0) is 44.4 Å². The van der Waals surface area contributed by atoms with Crippen molar-refractivity contribution < 1.29 is 9.59 Å². The van der Waals surface area contributed by atoms with E-state index < -0.39 is 0 Å². The van der Waals surface area contributed by atoms with Gasteiger partial charge >= 0.3 is 0 Å². The van der Waals surface area contributed by atoms with Gasteiger partial charge in [-0.3, -0.25) is 9.59 Å². The van der Waals surface area contributed by atoms with Crippen molar-refractivity contribution in [3.05, 3.63) is 70.8 Å². The predicted molar refractivity (Wildman–Crippen MR) is 103 cm³/mol. The molecule has 3 rings (SSSR count). The number of benzene rings is 2. The Labute approximate surface area is 155 Å². The molecule has 1 heterocycles. The molecule has 1 aliphatic rings. The molecule has 4 nitrogen and oxygen atoms in total. The van der Waals surface area contributed by atoms with Crippen LogP contribution >= 0.6 is 0 Å². The first-order valence-electron chi connectivity index (χ1n) is 9.22. The number of hydrogen-bond acceptors (Lipinski definition) is 2. The monoisotopic (exact) mass is 350 g/mol. The van der Waals surface area contributed by atoms with E-state index in [2.05, 4.69) is 5.32 Å². The first-order valence-corrected chi connectivity index (χ1v) is 9.22. The Bertz CT molecular complexity index is 766. The van der Waals surface area contributed by atoms with Gasteiger partial charge in [-0.1, -0.05) is 47.5 Å². The van der Waals surface area contributed by atoms with E-state index in [1.165, 1.54) is 5.56 Å². The van der Waals surface area contributed by atoms with E-state index in [9.17, 15) is 9.59 Å². The molecule has 2 amide bonds. The Morgan fingerprint density at radius 3 is 2.27 bits per heavy atom. The molecule has 2 aromatic rings. The van der Waals surface area contributed by atoms with Crippen molar-refractivity contribution in [3.63, 3.8) is 0 Å². The van der Waals surface area contributed by atoms with Gasteiger partial charge in [0, 0.05) is 25.2 Å². The number of carbonyl (C=O) groups is 2. The number of carbonyl (C=O) groups excluding carboxylic acids is 2. The average molecular weight is 350 g/mol. The van der Waals surface area contributed by atoms with Crippen LogP contribution in [0.5, 0.6) is 0 Å². The molecule has 1 atom stereocenters. The molecule has 136 valence electrons. The number of amides is 2. The maximum Gasteiger partial charge on any atom is 0.253 e. The van der Waals surface area contributed by atoms with Crippen LogP contribution in [-0.4, -0.2) is 29.8 Å². The van der Waals surface area contributed by atoms with Gasteiger partial charge in [-0.25, -0.2) is 0 Å². The van der Waals surface area contributed by atoms with E-state index >= 15 is 0 Å². The average Bonchev–Trinajstić information content (AvgIpc) is 2.67. The molecule has 0 radical (unpaired) electrons. The fourth-order valence-electron chi connectivity index (χ4n) is 3.29. The zero-order valence-electron chi connectivity index (χ0n) is 15.5. The molecule has 0 aromatic heterocycles. The molecule has 1 N–H and O–H groups in total. The van der Waals surface area contributed by atoms with Crippen LogP contribution in [0.4, 0.5) is 0 Å². The number of aryl methyl sites for hydroxylation is 2. The van der Waals surface area contributed by atoms with Crippen LogP contribution < -0.4 is 5.32 Å². The van der Waals surface area contributed by atoms with Crippen molar-refractivity contribution in [2.75, 3.05) is 13.1 Å². The topological polar surface area (TPSA) is 49.4 Å². The Morgan fingerprint density at radius 1 is 1.00 bits per heavy atom. The summed E-state index contributed by atoms with van der Waals surface area (Å²) in [7, 11) is 0. The van der Waals surface area contributed by atoms with Gasteiger partial charge in [0.05, 0.1) is 5.92 Å². The third-order valence-electron chi connectivity index (χ3n) is 4.97. The number of nitrogens with zero attached hydrogens (tertiary/aromatic N) is 1. The van der Waals surface area contributed by atoms with Gasteiger partial charge in [-0.2, -0.15) is 0 Å². The number of rotatable bonds is 4. The first-order chi connectivity index (χ1) is 12.5. The Balaban J connectivity index is 1.57. The van der Waals surface area contributed by atoms with Crippen LogP contribution in [0.25, 0.3) is 0 Å². The highest BCUT2D eigenvalue weighted by Crippen LogP contribution is 2.19. The molecule has 0 bridgehead atoms. The molecule has 0 aliphatic carbocycles. The van der Waals surface area contributed by atoms with E-state index in [1.54, 1.807) is 0 Å². The fourth-order valence-corrected chi connectivity index (χ4v) is 3.29. The van der Waals surface area contributed by atoms with Gasteiger partial charge in [-0.15, -0.1) is 0 Å². The number of hydrogen-bond donors (Lipinski definition) is 1. The van der Waals surface area contributed by atoms with Gasteiger partial charge in [0.2, 0.25) is 5.91 Å². The van der Waals surface area contributed by atoms with E-state index in [4.69, 9.17) is 0 Å². The zero-order valence-corrected chi connectivity index (χ0v) is 15.5. The minimum atomic E-state index is -0.136. The van der Waals surface area contributed by atoms with Crippen molar-refractivity contribution in [2.45, 2.75) is 33.2 Å². The molecule has 1 saturated heterocycles. The van der Waals surface area contributed by atoms with Crippen molar-refractivity contribution in [1.29, 1.82) is 0 Å². The van der Waals surface area contributed by atoms with Crippen LogP contribution in [0, 0.1) is 19.8 Å². The molecular weight excluding hydrogens is 324 g/mol. The smallest absolute Gasteiger partial charge is 0.253 e. The van der Waals surface area contributed by atoms with Gasteiger partial charge < -0.3 is 10.2 Å². The van der Waals surface area contributed by atoms with E-state index in [-0.39, 0.29) is 17.7 Å². The number of likely N-dealkylation sites (tertiary alicyclic amines) is 1. The van der Waals surface area contributed by atoms with E-state index in [1.807, 2.05) is 67.3 Å². The maximum absolute atomic E-state index is 12.7. The van der Waals surface area contributed by atoms with Gasteiger partial charge in [0.1, 0.15) is 0 Å². The quantitative estimate of drug-likeness (QED) is 0.918. The minimum Gasteiger partial charge on any atom is -0.352 e. The highest BCUT2D eigenvalue weighted by molar-refractivity contribution is 5.94. The highest BCUT2D eigenvalue weighted by Gasteiger charge is 2.28. The Hall–Kier alpha value is -2.62. The number of nitrogens with one attached hydrogen (secondary N) is 1. The summed E-state index contributed by atoms with van der Waals surface area (Å²) >= 11 is 0. The molecular formula is C22H26N2O2. The number of piperidine rings is 1. The second-order valence-electron chi connectivity index (χ2n) is 7.16. The normalized spacial score (nSPS) is 17.0. The van der Waals surface area contributed by atoms with E-state index in [0.29, 0.717) is 25.2 Å². The third-order valence-corrected chi connectivity index (χ3v) is 4.97. The summed E-state index contributed by atoms with van der Waals surface area (Å²) < 4.78 is 0.